The van der Waals surface area contributed by atoms with E-state index in [-0.39, 0.29) is 32.0 Å². The molecule has 0 spiro atoms. The Morgan fingerprint density at radius 1 is 0.400 bits per heavy atom. The van der Waals surface area contributed by atoms with Gasteiger partial charge in [0, 0.05) is 12.8 Å². The van der Waals surface area contributed by atoms with Crippen molar-refractivity contribution < 1.29 is 42.1 Å². The molecule has 2 unspecified atom stereocenters. The minimum atomic E-state index is -4.64. The Hall–Kier alpha value is -2.81. The third kappa shape index (κ3) is 64.4. The number of hydrogen-bond acceptors (Lipinski definition) is 8. The molecule has 80 heavy (non-hydrogen) atoms. The molecule has 0 saturated carbocycles. The summed E-state index contributed by atoms with van der Waals surface area (Å²) in [5.74, 6) is -0.829. The summed E-state index contributed by atoms with van der Waals surface area (Å²) in [5.41, 5.74) is 0. The van der Waals surface area contributed by atoms with Crippen molar-refractivity contribution in [2.24, 2.45) is 0 Å². The molecule has 0 aliphatic carbocycles. The van der Waals surface area contributed by atoms with Gasteiger partial charge in [0.15, 0.2) is 6.10 Å². The second kappa shape index (κ2) is 60.8. The summed E-state index contributed by atoms with van der Waals surface area (Å²) in [6.45, 7) is 4.14. The highest BCUT2D eigenvalue weighted by atomic mass is 31.2. The van der Waals surface area contributed by atoms with Gasteiger partial charge in [-0.2, -0.15) is 0 Å². The number of carbonyl (C=O) groups is 2. The van der Waals surface area contributed by atoms with E-state index in [2.05, 4.69) is 98.9 Å². The molecule has 0 aromatic rings. The Morgan fingerprint density at radius 2 is 0.713 bits per heavy atom. The molecule has 0 N–H and O–H groups in total. The lowest BCUT2D eigenvalue weighted by atomic mass is 10.0. The van der Waals surface area contributed by atoms with E-state index in [0.29, 0.717) is 17.4 Å². The summed E-state index contributed by atoms with van der Waals surface area (Å²) < 4.78 is 34.3. The van der Waals surface area contributed by atoms with Gasteiger partial charge in [-0.25, -0.2) is 0 Å². The van der Waals surface area contributed by atoms with E-state index in [9.17, 15) is 19.0 Å². The molecule has 0 bridgehead atoms. The Morgan fingerprint density at radius 3 is 1.06 bits per heavy atom. The van der Waals surface area contributed by atoms with E-state index >= 15 is 0 Å². The maximum Gasteiger partial charge on any atom is 0.306 e. The largest absolute Gasteiger partial charge is 0.756 e. The highest BCUT2D eigenvalue weighted by molar-refractivity contribution is 7.45. The lowest BCUT2D eigenvalue weighted by molar-refractivity contribution is -0.870. The zero-order valence-electron chi connectivity index (χ0n) is 52.8. The van der Waals surface area contributed by atoms with Crippen molar-refractivity contribution >= 4 is 19.8 Å². The number of likely N-dealkylation sites (N-methyl/N-ethyl adjacent to an activating group) is 1. The third-order valence-corrected chi connectivity index (χ3v) is 15.4. The lowest BCUT2D eigenvalue weighted by Crippen LogP contribution is -2.37. The fourth-order valence-corrected chi connectivity index (χ4v) is 10.0. The number of hydrogen-bond donors (Lipinski definition) is 0. The number of nitrogens with zero attached hydrogens (tertiary/aromatic N) is 1. The number of esters is 2. The summed E-state index contributed by atoms with van der Waals surface area (Å²) in [5, 5.41) is 0. The summed E-state index contributed by atoms with van der Waals surface area (Å²) in [4.78, 5) is 38.0. The number of phosphoric ester groups is 1. The van der Waals surface area contributed by atoms with Gasteiger partial charge in [0.25, 0.3) is 7.82 Å². The van der Waals surface area contributed by atoms with Crippen molar-refractivity contribution in [3.8, 4) is 0 Å². The van der Waals surface area contributed by atoms with Crippen LogP contribution in [0, 0.1) is 0 Å². The fraction of sp³-hybridized carbons (Fsp3) is 0.771. The van der Waals surface area contributed by atoms with E-state index in [4.69, 9.17) is 18.5 Å². The van der Waals surface area contributed by atoms with Gasteiger partial charge >= 0.3 is 11.9 Å². The van der Waals surface area contributed by atoms with E-state index in [1.165, 1.54) is 180 Å². The predicted molar refractivity (Wildman–Crippen MR) is 342 cm³/mol. The second-order valence-electron chi connectivity index (χ2n) is 23.5. The van der Waals surface area contributed by atoms with E-state index < -0.39 is 26.5 Å². The second-order valence-corrected chi connectivity index (χ2v) is 24.9. The quantitative estimate of drug-likeness (QED) is 0.0195. The van der Waals surface area contributed by atoms with Crippen LogP contribution in [0.2, 0.25) is 0 Å². The highest BCUT2D eigenvalue weighted by Crippen LogP contribution is 2.38. The van der Waals surface area contributed by atoms with Crippen LogP contribution >= 0.6 is 7.82 Å². The monoisotopic (exact) mass is 1140 g/mol. The van der Waals surface area contributed by atoms with Gasteiger partial charge in [0.2, 0.25) is 0 Å². The van der Waals surface area contributed by atoms with Crippen LogP contribution in [0.1, 0.15) is 296 Å². The Labute approximate surface area is 494 Å². The number of ether oxygens (including phenoxy) is 2. The Bertz CT molecular complexity index is 1630. The van der Waals surface area contributed by atoms with Crippen LogP contribution in [0.25, 0.3) is 0 Å². The topological polar surface area (TPSA) is 111 Å². The molecule has 0 aliphatic heterocycles. The highest BCUT2D eigenvalue weighted by Gasteiger charge is 2.22. The van der Waals surface area contributed by atoms with Gasteiger partial charge in [-0.05, 0) is 89.9 Å². The predicted octanol–water partition coefficient (Wildman–Crippen LogP) is 20.7. The van der Waals surface area contributed by atoms with Crippen molar-refractivity contribution in [2.45, 2.75) is 302 Å². The average molecular weight is 1140 g/mol. The van der Waals surface area contributed by atoms with Crippen molar-refractivity contribution in [3.05, 3.63) is 85.1 Å². The minimum Gasteiger partial charge on any atom is -0.756 e. The zero-order chi connectivity index (χ0) is 58.4. The molecule has 0 aliphatic rings. The van der Waals surface area contributed by atoms with Gasteiger partial charge in [-0.1, -0.05) is 279 Å². The smallest absolute Gasteiger partial charge is 0.306 e. The van der Waals surface area contributed by atoms with Crippen LogP contribution in [0.5, 0.6) is 0 Å². The molecule has 2 atom stereocenters. The van der Waals surface area contributed by atoms with Crippen LogP contribution in [-0.4, -0.2) is 70.0 Å². The van der Waals surface area contributed by atoms with E-state index in [0.717, 1.165) is 83.5 Å². The number of quaternary nitrogens is 1. The van der Waals surface area contributed by atoms with Gasteiger partial charge < -0.3 is 27.9 Å². The van der Waals surface area contributed by atoms with Gasteiger partial charge in [0.1, 0.15) is 19.8 Å². The number of rotatable bonds is 61. The Balaban J connectivity index is 4.03. The first-order valence-electron chi connectivity index (χ1n) is 33.3. The van der Waals surface area contributed by atoms with Crippen molar-refractivity contribution in [1.29, 1.82) is 0 Å². The molecule has 0 saturated heterocycles. The minimum absolute atomic E-state index is 0.0326. The van der Waals surface area contributed by atoms with Crippen LogP contribution in [0.3, 0.4) is 0 Å². The van der Waals surface area contributed by atoms with Crippen molar-refractivity contribution in [3.63, 3.8) is 0 Å². The summed E-state index contributed by atoms with van der Waals surface area (Å²) in [6.07, 6.45) is 82.2. The zero-order valence-corrected chi connectivity index (χ0v) is 53.7. The van der Waals surface area contributed by atoms with E-state index in [1.54, 1.807) is 0 Å². The standard InChI is InChI=1S/C70H126NO8P/c1-6-8-10-12-14-16-18-20-22-24-26-28-29-30-31-32-33-34-35-36-37-38-39-40-41-43-45-47-49-51-53-55-57-59-61-63-70(73)79-68(67-78-80(74,75)77-65-64-71(3,4)5)66-76-69(72)62-60-58-56-54-52-50-48-46-44-42-27-25-23-21-19-17-15-13-11-9-7-2/h8,10,14,16,19-22,25-28,30-31,68H,6-7,9,11-13,15,17-18,23-24,29,32-67H2,1-5H3/b10-8-,16-14-,21-19-,22-20-,27-25-,28-26-,31-30-. The van der Waals surface area contributed by atoms with Gasteiger partial charge in [0.05, 0.1) is 27.7 Å². The maximum absolute atomic E-state index is 12.8. The van der Waals surface area contributed by atoms with Crippen LogP contribution in [-0.2, 0) is 32.7 Å². The summed E-state index contributed by atoms with van der Waals surface area (Å²) in [6, 6.07) is 0. The molecule has 0 heterocycles. The Kier molecular flexibility index (Phi) is 58.6. The average Bonchev–Trinajstić information content (AvgIpc) is 3.42. The maximum atomic E-state index is 12.8. The number of carbonyl (C=O) groups excluding carboxylic acids is 2. The first kappa shape index (κ1) is 77.2. The molecular weight excluding hydrogens is 1010 g/mol. The number of allylic oxidation sites excluding steroid dienone is 14. The first-order valence-corrected chi connectivity index (χ1v) is 34.8. The molecule has 464 valence electrons. The third-order valence-electron chi connectivity index (χ3n) is 14.4. The van der Waals surface area contributed by atoms with E-state index in [1.807, 2.05) is 21.1 Å². The lowest BCUT2D eigenvalue weighted by Gasteiger charge is -2.28. The fourth-order valence-electron chi connectivity index (χ4n) is 9.30. The molecule has 0 amide bonds. The molecule has 0 aromatic carbocycles. The molecule has 0 radical (unpaired) electrons. The first-order chi connectivity index (χ1) is 39.0. The number of unbranched alkanes of at least 4 members (excludes halogenated alkanes) is 33. The molecule has 0 rings (SSSR count). The number of phosphoric acid groups is 1. The van der Waals surface area contributed by atoms with Crippen LogP contribution in [0.4, 0.5) is 0 Å². The molecule has 10 heteroatoms. The molecule has 0 aromatic heterocycles. The normalized spacial score (nSPS) is 13.7. The summed E-state index contributed by atoms with van der Waals surface area (Å²) in [7, 11) is 1.17. The van der Waals surface area contributed by atoms with Gasteiger partial charge in [-0.3, -0.25) is 14.2 Å². The van der Waals surface area contributed by atoms with Crippen molar-refractivity contribution in [1.82, 2.24) is 0 Å². The molecular formula is C70H126NO8P. The summed E-state index contributed by atoms with van der Waals surface area (Å²) >= 11 is 0. The van der Waals surface area contributed by atoms with Crippen LogP contribution in [0.15, 0.2) is 85.1 Å². The molecule has 9 nitrogen and oxygen atoms in total. The van der Waals surface area contributed by atoms with Crippen molar-refractivity contribution in [2.75, 3.05) is 47.5 Å². The van der Waals surface area contributed by atoms with Crippen LogP contribution < -0.4 is 4.89 Å². The SMILES string of the molecule is CC/C=C\C/C=C\C/C=C\C/C=C\C/C=C\CCCCCCCCCCCCCCCCCCCCCC(=O)OC(COC(=O)CCCCCCCCCCC/C=C\C/C=C\CCCCCCC)COP(=O)([O-])OCC[N+](C)(C)C. The van der Waals surface area contributed by atoms with Gasteiger partial charge in [-0.15, -0.1) is 0 Å². The molecule has 0 fully saturated rings.